The van der Waals surface area contributed by atoms with Gasteiger partial charge in [-0.25, -0.2) is 4.79 Å². The van der Waals surface area contributed by atoms with Crippen molar-refractivity contribution in [2.75, 3.05) is 25.4 Å². The largest absolute Gasteiger partial charge is 0.481 e. The molecule has 0 aromatic heterocycles. The molecule has 340 valence electrons. The first-order chi connectivity index (χ1) is 28.1. The fourth-order valence-electron chi connectivity index (χ4n) is 5.80. The van der Waals surface area contributed by atoms with Crippen LogP contribution in [0.15, 0.2) is 0 Å². The van der Waals surface area contributed by atoms with Crippen LogP contribution in [-0.2, 0) is 47.9 Å². The molecule has 0 aliphatic carbocycles. The van der Waals surface area contributed by atoms with Crippen LogP contribution >= 0.6 is 12.6 Å². The molecule has 0 spiro atoms. The number of carboxylic acid groups (broad SMARTS) is 2. The SMILES string of the molecule is C[C@@H](O)[C@H](N)C(=O)N[C@@H](CO)C(=O)N1CCC[C@H]1C(=O)N[C@@H](CCC(N)=O)C(=O)N[C@H](C(=O)N[C@@H](CCCCN)C(=O)N[C@@H](CC(=O)O)C(=O)N[C@@H](CS)C(=O)O)[C@@H](C)O. The number of hydrogen-bond donors (Lipinski definition) is 15. The number of thiol groups is 1. The summed E-state index contributed by atoms with van der Waals surface area (Å²) in [6, 6.07) is -12.6. The Hall–Kier alpha value is -5.15. The molecular weight excluding hydrogens is 820 g/mol. The van der Waals surface area contributed by atoms with E-state index in [1.54, 1.807) is 0 Å². The smallest absolute Gasteiger partial charge is 0.327 e. The summed E-state index contributed by atoms with van der Waals surface area (Å²) in [7, 11) is 0. The second-order valence-corrected chi connectivity index (χ2v) is 14.4. The number of amides is 8. The number of carbonyl (C=O) groups is 10. The highest BCUT2D eigenvalue weighted by Gasteiger charge is 2.40. The van der Waals surface area contributed by atoms with E-state index in [1.165, 1.54) is 6.92 Å². The van der Waals surface area contributed by atoms with Crippen LogP contribution in [0.25, 0.3) is 0 Å². The molecule has 0 unspecified atom stereocenters. The number of carbonyl (C=O) groups excluding carboxylic acids is 8. The van der Waals surface area contributed by atoms with E-state index in [-0.39, 0.29) is 44.5 Å². The zero-order valence-corrected chi connectivity index (χ0v) is 34.1. The average molecular weight is 879 g/mol. The molecule has 10 atom stereocenters. The maximum atomic E-state index is 13.6. The van der Waals surface area contributed by atoms with E-state index in [0.717, 1.165) is 11.8 Å². The molecule has 0 aromatic rings. The van der Waals surface area contributed by atoms with E-state index in [0.29, 0.717) is 6.42 Å². The van der Waals surface area contributed by atoms with Gasteiger partial charge in [-0.1, -0.05) is 0 Å². The molecule has 0 bridgehead atoms. The molecule has 1 aliphatic heterocycles. The van der Waals surface area contributed by atoms with Crippen LogP contribution in [-0.4, -0.2) is 176 Å². The van der Waals surface area contributed by atoms with Crippen molar-refractivity contribution in [3.05, 3.63) is 0 Å². The minimum absolute atomic E-state index is 0.00552. The first-order valence-corrected chi connectivity index (χ1v) is 19.6. The molecule has 1 heterocycles. The van der Waals surface area contributed by atoms with Crippen LogP contribution < -0.4 is 49.1 Å². The number of carboxylic acids is 2. The average Bonchev–Trinajstić information content (AvgIpc) is 3.67. The van der Waals surface area contributed by atoms with Gasteiger partial charge in [-0.3, -0.25) is 43.2 Å². The number of hydrogen-bond acceptors (Lipinski definition) is 16. The topological polar surface area (TPSA) is 425 Å². The van der Waals surface area contributed by atoms with Gasteiger partial charge in [0.25, 0.3) is 0 Å². The summed E-state index contributed by atoms with van der Waals surface area (Å²) >= 11 is 3.83. The lowest BCUT2D eigenvalue weighted by Crippen LogP contribution is -2.62. The van der Waals surface area contributed by atoms with Crippen LogP contribution in [0, 0.1) is 0 Å². The standard InChI is InChI=1S/C34H58N10O15S/c1-15(46)25(37)31(55)41-20(13-45)33(57)44-11-5-7-22(44)30(54)38-18(8-9-23(36)48)28(52)43-26(16(2)47)32(56)39-17(6-3-4-10-35)27(51)40-19(12-24(49)50)29(53)42-21(14-60)34(58)59/h15-22,25-26,45-47,60H,3-14,35,37H2,1-2H3,(H2,36,48)(H,38,54)(H,39,56)(H,40,51)(H,41,55)(H,42,53)(H,43,52)(H,49,50)(H,58,59)/t15-,16-,17+,18+,19+,20+,21+,22+,25+,26+/m1/s1. The van der Waals surface area contributed by atoms with Crippen LogP contribution in [0.4, 0.5) is 0 Å². The number of unbranched alkanes of at least 4 members (excludes halogenated alkanes) is 1. The third kappa shape index (κ3) is 17.2. The summed E-state index contributed by atoms with van der Waals surface area (Å²) in [5.41, 5.74) is 16.5. The van der Waals surface area contributed by atoms with Gasteiger partial charge in [-0.2, -0.15) is 12.6 Å². The highest BCUT2D eigenvalue weighted by atomic mass is 32.1. The minimum Gasteiger partial charge on any atom is -0.481 e. The van der Waals surface area contributed by atoms with Gasteiger partial charge < -0.3 is 79.5 Å². The number of aliphatic carboxylic acids is 2. The Morgan fingerprint density at radius 2 is 1.28 bits per heavy atom. The maximum Gasteiger partial charge on any atom is 0.327 e. The molecule has 8 amide bonds. The molecule has 26 heteroatoms. The quantitative estimate of drug-likeness (QED) is 0.0269. The molecule has 1 fully saturated rings. The number of nitrogens with two attached hydrogens (primary N) is 3. The predicted molar refractivity (Wildman–Crippen MR) is 210 cm³/mol. The van der Waals surface area contributed by atoms with Crippen molar-refractivity contribution < 1.29 is 73.5 Å². The summed E-state index contributed by atoms with van der Waals surface area (Å²) < 4.78 is 0. The lowest BCUT2D eigenvalue weighted by atomic mass is 10.0. The van der Waals surface area contributed by atoms with Crippen molar-refractivity contribution >= 4 is 71.8 Å². The second kappa shape index (κ2) is 26.1. The van der Waals surface area contributed by atoms with E-state index in [9.17, 15) is 73.5 Å². The molecular formula is C34H58N10O15S. The van der Waals surface area contributed by atoms with Gasteiger partial charge in [-0.15, -0.1) is 0 Å². The van der Waals surface area contributed by atoms with Crippen molar-refractivity contribution in [1.82, 2.24) is 36.8 Å². The summed E-state index contributed by atoms with van der Waals surface area (Å²) in [6.45, 7) is 1.60. The third-order valence-corrected chi connectivity index (χ3v) is 9.59. The van der Waals surface area contributed by atoms with Crippen molar-refractivity contribution in [1.29, 1.82) is 0 Å². The number of nitrogens with zero attached hydrogens (tertiary/aromatic N) is 1. The lowest BCUT2D eigenvalue weighted by molar-refractivity contribution is -0.143. The number of aliphatic hydroxyl groups is 3. The predicted octanol–water partition coefficient (Wildman–Crippen LogP) is -7.15. The van der Waals surface area contributed by atoms with E-state index < -0.39 is 146 Å². The first-order valence-electron chi connectivity index (χ1n) is 19.0. The van der Waals surface area contributed by atoms with Crippen LogP contribution in [0.3, 0.4) is 0 Å². The fraction of sp³-hybridized carbons (Fsp3) is 0.706. The summed E-state index contributed by atoms with van der Waals surface area (Å²) in [6.07, 6.45) is -4.10. The third-order valence-electron chi connectivity index (χ3n) is 9.22. The van der Waals surface area contributed by atoms with Gasteiger partial charge in [0.15, 0.2) is 0 Å². The molecule has 60 heavy (non-hydrogen) atoms. The van der Waals surface area contributed by atoms with Gasteiger partial charge in [0.1, 0.15) is 48.3 Å². The minimum atomic E-state index is -1.84. The van der Waals surface area contributed by atoms with Gasteiger partial charge in [0.05, 0.1) is 25.2 Å². The number of nitrogens with one attached hydrogen (secondary N) is 6. The van der Waals surface area contributed by atoms with Crippen LogP contribution in [0.2, 0.25) is 0 Å². The van der Waals surface area contributed by atoms with Crippen molar-refractivity contribution in [2.45, 2.75) is 126 Å². The molecule has 0 radical (unpaired) electrons. The van der Waals surface area contributed by atoms with Gasteiger partial charge in [-0.05, 0) is 58.9 Å². The van der Waals surface area contributed by atoms with E-state index in [4.69, 9.17) is 17.2 Å². The van der Waals surface area contributed by atoms with Crippen molar-refractivity contribution in [3.63, 3.8) is 0 Å². The Kier molecular flexibility index (Phi) is 23.0. The Bertz CT molecular complexity index is 1550. The number of likely N-dealkylation sites (tertiary alicyclic amines) is 1. The highest BCUT2D eigenvalue weighted by molar-refractivity contribution is 7.80. The molecule has 0 saturated carbocycles. The van der Waals surface area contributed by atoms with Gasteiger partial charge in [0, 0.05) is 18.7 Å². The van der Waals surface area contributed by atoms with Crippen molar-refractivity contribution in [2.24, 2.45) is 17.2 Å². The lowest BCUT2D eigenvalue weighted by Gasteiger charge is -2.30. The Morgan fingerprint density at radius 3 is 1.80 bits per heavy atom. The monoisotopic (exact) mass is 878 g/mol. The molecule has 1 aliphatic rings. The van der Waals surface area contributed by atoms with Crippen LogP contribution in [0.1, 0.15) is 65.2 Å². The van der Waals surface area contributed by atoms with E-state index in [2.05, 4.69) is 44.5 Å². The molecule has 17 N–H and O–H groups in total. The zero-order valence-electron chi connectivity index (χ0n) is 33.2. The van der Waals surface area contributed by atoms with Crippen molar-refractivity contribution in [3.8, 4) is 0 Å². The van der Waals surface area contributed by atoms with Gasteiger partial charge in [0.2, 0.25) is 47.3 Å². The first kappa shape index (κ1) is 52.9. The molecule has 1 saturated heterocycles. The summed E-state index contributed by atoms with van der Waals surface area (Å²) in [5, 5.41) is 62.1. The molecule has 25 nitrogen and oxygen atoms in total. The highest BCUT2D eigenvalue weighted by Crippen LogP contribution is 2.19. The van der Waals surface area contributed by atoms with Gasteiger partial charge >= 0.3 is 11.9 Å². The number of primary amides is 1. The Balaban J connectivity index is 3.30. The second-order valence-electron chi connectivity index (χ2n) is 14.1. The number of rotatable bonds is 27. The van der Waals surface area contributed by atoms with E-state index in [1.807, 2.05) is 0 Å². The van der Waals surface area contributed by atoms with E-state index >= 15 is 0 Å². The number of aliphatic hydroxyl groups excluding tert-OH is 3. The maximum absolute atomic E-state index is 13.6. The summed E-state index contributed by atoms with van der Waals surface area (Å²) in [4.78, 5) is 128. The normalized spacial score (nSPS) is 18.1. The molecule has 1 rings (SSSR count). The Labute approximate surface area is 350 Å². The summed E-state index contributed by atoms with van der Waals surface area (Å²) in [5.74, 6) is -11.6. The Morgan fingerprint density at radius 1 is 0.733 bits per heavy atom. The fourth-order valence-corrected chi connectivity index (χ4v) is 6.04. The van der Waals surface area contributed by atoms with Crippen LogP contribution in [0.5, 0.6) is 0 Å². The zero-order chi connectivity index (χ0) is 45.9. The molecule has 0 aromatic carbocycles.